The molecule has 0 amide bonds. The second-order valence-corrected chi connectivity index (χ2v) is 9.08. The molecule has 0 N–H and O–H groups in total. The molecule has 8 heteroatoms. The smallest absolute Gasteiger partial charge is 0.197 e. The Morgan fingerprint density at radius 3 is 2.71 bits per heavy atom. The van der Waals surface area contributed by atoms with Crippen LogP contribution in [0.15, 0.2) is 53.4 Å². The van der Waals surface area contributed by atoms with E-state index in [-0.39, 0.29) is 18.1 Å². The molecule has 7 nitrogen and oxygen atoms in total. The summed E-state index contributed by atoms with van der Waals surface area (Å²) >= 11 is 0. The number of likely N-dealkylation sites (tertiary alicyclic amines) is 1. The first kappa shape index (κ1) is 22.3. The van der Waals surface area contributed by atoms with E-state index < -0.39 is 5.82 Å². The number of hydrogen-bond donors (Lipinski definition) is 0. The number of hydrogen-bond acceptors (Lipinski definition) is 7. The van der Waals surface area contributed by atoms with E-state index >= 15 is 0 Å². The second-order valence-electron chi connectivity index (χ2n) is 9.08. The lowest BCUT2D eigenvalue weighted by Gasteiger charge is -2.33. The van der Waals surface area contributed by atoms with Crippen molar-refractivity contribution in [2.24, 2.45) is 0 Å². The number of carbonyl (C=O) groups is 1. The molecule has 34 heavy (non-hydrogen) atoms. The van der Waals surface area contributed by atoms with Gasteiger partial charge in [-0.05, 0) is 69.6 Å². The van der Waals surface area contributed by atoms with Gasteiger partial charge in [0.1, 0.15) is 17.8 Å². The zero-order valence-electron chi connectivity index (χ0n) is 19.2. The standard InChI is InChI=1S/C26H26FN5O2/c1-16(2)32-7-5-17(6-8-32)26-29-24(15-34-26)25(33)12-22-11-19-9-18(3-4-23(19)31-30-22)20-10-21(27)14-28-13-20/h3-4,9-11,13-17H,5-8,12H2,1-2H3. The predicted octanol–water partition coefficient (Wildman–Crippen LogP) is 4.83. The quantitative estimate of drug-likeness (QED) is 0.382. The van der Waals surface area contributed by atoms with Gasteiger partial charge in [-0.2, -0.15) is 10.2 Å². The van der Waals surface area contributed by atoms with Gasteiger partial charge in [0.25, 0.3) is 0 Å². The number of rotatable bonds is 6. The van der Waals surface area contributed by atoms with Crippen LogP contribution in [0.2, 0.25) is 0 Å². The first-order valence-corrected chi connectivity index (χ1v) is 11.6. The van der Waals surface area contributed by atoms with Crippen LogP contribution in [-0.2, 0) is 6.42 Å². The maximum Gasteiger partial charge on any atom is 0.197 e. The van der Waals surface area contributed by atoms with E-state index in [9.17, 15) is 9.18 Å². The largest absolute Gasteiger partial charge is 0.448 e. The predicted molar refractivity (Wildman–Crippen MR) is 126 cm³/mol. The molecule has 1 aliphatic rings. The van der Waals surface area contributed by atoms with E-state index in [0.29, 0.717) is 34.4 Å². The first-order chi connectivity index (χ1) is 16.5. The van der Waals surface area contributed by atoms with Crippen LogP contribution in [-0.4, -0.2) is 50.0 Å². The highest BCUT2D eigenvalue weighted by atomic mass is 19.1. The summed E-state index contributed by atoms with van der Waals surface area (Å²) in [5.74, 6) is 0.334. The highest BCUT2D eigenvalue weighted by Gasteiger charge is 2.26. The molecule has 0 bridgehead atoms. The zero-order chi connectivity index (χ0) is 23.7. The summed E-state index contributed by atoms with van der Waals surface area (Å²) in [4.78, 5) is 23.7. The van der Waals surface area contributed by atoms with Crippen molar-refractivity contribution >= 4 is 16.7 Å². The maximum atomic E-state index is 13.6. The van der Waals surface area contributed by atoms with E-state index in [0.717, 1.165) is 36.9 Å². The molecule has 1 fully saturated rings. The van der Waals surface area contributed by atoms with Gasteiger partial charge in [-0.1, -0.05) is 6.07 Å². The van der Waals surface area contributed by atoms with Crippen molar-refractivity contribution in [2.75, 3.05) is 13.1 Å². The van der Waals surface area contributed by atoms with Gasteiger partial charge in [0.2, 0.25) is 0 Å². The van der Waals surface area contributed by atoms with Gasteiger partial charge in [-0.3, -0.25) is 9.78 Å². The number of carbonyl (C=O) groups excluding carboxylic acids is 1. The van der Waals surface area contributed by atoms with Crippen molar-refractivity contribution in [3.63, 3.8) is 0 Å². The number of pyridine rings is 1. The molecule has 5 rings (SSSR count). The van der Waals surface area contributed by atoms with Crippen LogP contribution < -0.4 is 0 Å². The third kappa shape index (κ3) is 4.72. The van der Waals surface area contributed by atoms with Gasteiger partial charge in [-0.25, -0.2) is 9.37 Å². The molecular weight excluding hydrogens is 433 g/mol. The minimum atomic E-state index is -0.394. The van der Waals surface area contributed by atoms with Gasteiger partial charge in [0.15, 0.2) is 11.7 Å². The number of aromatic nitrogens is 4. The van der Waals surface area contributed by atoms with Crippen LogP contribution in [0.1, 0.15) is 54.7 Å². The van der Waals surface area contributed by atoms with Crippen molar-refractivity contribution in [3.05, 3.63) is 72.1 Å². The van der Waals surface area contributed by atoms with E-state index in [4.69, 9.17) is 4.42 Å². The molecule has 1 saturated heterocycles. The topological polar surface area (TPSA) is 85.0 Å². The van der Waals surface area contributed by atoms with Crippen LogP contribution >= 0.6 is 0 Å². The number of halogens is 1. The molecule has 0 atom stereocenters. The minimum absolute atomic E-state index is 0.0758. The Morgan fingerprint density at radius 2 is 1.94 bits per heavy atom. The normalized spacial score (nSPS) is 15.3. The number of nitrogens with zero attached hydrogens (tertiary/aromatic N) is 5. The Bertz CT molecular complexity index is 1330. The molecule has 0 spiro atoms. The molecule has 4 heterocycles. The molecule has 1 aliphatic heterocycles. The molecule has 0 saturated carbocycles. The van der Waals surface area contributed by atoms with Crippen LogP contribution in [0.4, 0.5) is 4.39 Å². The summed E-state index contributed by atoms with van der Waals surface area (Å²) in [6, 6.07) is 9.36. The summed E-state index contributed by atoms with van der Waals surface area (Å²) in [6.45, 7) is 6.43. The summed E-state index contributed by atoms with van der Waals surface area (Å²) < 4.78 is 19.2. The first-order valence-electron chi connectivity index (χ1n) is 11.6. The van der Waals surface area contributed by atoms with Crippen LogP contribution in [0.3, 0.4) is 0 Å². The van der Waals surface area contributed by atoms with Crippen LogP contribution in [0.25, 0.3) is 22.0 Å². The van der Waals surface area contributed by atoms with Crippen molar-refractivity contribution in [1.29, 1.82) is 0 Å². The fourth-order valence-electron chi connectivity index (χ4n) is 4.44. The van der Waals surface area contributed by atoms with Crippen molar-refractivity contribution in [1.82, 2.24) is 25.1 Å². The number of ketones is 1. The number of fused-ring (bicyclic) bond motifs is 1. The van der Waals surface area contributed by atoms with Crippen LogP contribution in [0, 0.1) is 5.82 Å². The van der Waals surface area contributed by atoms with Crippen molar-refractivity contribution in [2.45, 2.75) is 45.1 Å². The fraction of sp³-hybridized carbons (Fsp3) is 0.346. The van der Waals surface area contributed by atoms with Gasteiger partial charge >= 0.3 is 0 Å². The Labute approximate surface area is 197 Å². The van der Waals surface area contributed by atoms with Crippen molar-refractivity contribution in [3.8, 4) is 11.1 Å². The van der Waals surface area contributed by atoms with Gasteiger partial charge in [0.05, 0.1) is 23.8 Å². The average molecular weight is 460 g/mol. The Morgan fingerprint density at radius 1 is 1.12 bits per heavy atom. The Kier molecular flexibility index (Phi) is 6.15. The molecule has 1 aromatic carbocycles. The number of Topliss-reactive ketones (excluding diaryl/α,β-unsaturated/α-hetero) is 1. The molecule has 4 aromatic rings. The van der Waals surface area contributed by atoms with Crippen LogP contribution in [0.5, 0.6) is 0 Å². The molecule has 174 valence electrons. The Hall–Kier alpha value is -3.52. The number of oxazole rings is 1. The van der Waals surface area contributed by atoms with Gasteiger partial charge in [0, 0.05) is 29.1 Å². The van der Waals surface area contributed by atoms with E-state index in [1.165, 1.54) is 18.5 Å². The zero-order valence-corrected chi connectivity index (χ0v) is 19.2. The highest BCUT2D eigenvalue weighted by Crippen LogP contribution is 2.29. The molecule has 0 radical (unpaired) electrons. The Balaban J connectivity index is 1.30. The summed E-state index contributed by atoms with van der Waals surface area (Å²) in [6.07, 6.45) is 6.27. The lowest BCUT2D eigenvalue weighted by Crippen LogP contribution is -2.37. The highest BCUT2D eigenvalue weighted by molar-refractivity contribution is 5.95. The maximum absolute atomic E-state index is 13.6. The summed E-state index contributed by atoms with van der Waals surface area (Å²) in [5.41, 5.74) is 3.05. The number of piperidine rings is 1. The minimum Gasteiger partial charge on any atom is -0.448 e. The molecule has 0 aliphatic carbocycles. The second kappa shape index (κ2) is 9.38. The van der Waals surface area contributed by atoms with Gasteiger partial charge in [-0.15, -0.1) is 0 Å². The van der Waals surface area contributed by atoms with E-state index in [1.54, 1.807) is 6.20 Å². The summed E-state index contributed by atoms with van der Waals surface area (Å²) in [7, 11) is 0. The molecule has 0 unspecified atom stereocenters. The monoisotopic (exact) mass is 459 g/mol. The third-order valence-corrected chi connectivity index (χ3v) is 6.43. The summed E-state index contributed by atoms with van der Waals surface area (Å²) in [5, 5.41) is 9.26. The van der Waals surface area contributed by atoms with Gasteiger partial charge < -0.3 is 9.32 Å². The molecular formula is C26H26FN5O2. The lowest BCUT2D eigenvalue weighted by molar-refractivity contribution is 0.0987. The lowest BCUT2D eigenvalue weighted by atomic mass is 9.96. The average Bonchev–Trinajstić information content (AvgIpc) is 3.34. The SMILES string of the molecule is CC(C)N1CCC(c2nc(C(=O)Cc3cc4cc(-c5cncc(F)c5)ccc4nn3)co2)CC1. The number of benzene rings is 1. The fourth-order valence-corrected chi connectivity index (χ4v) is 4.44. The van der Waals surface area contributed by atoms with E-state index in [1.807, 2.05) is 24.3 Å². The van der Waals surface area contributed by atoms with E-state index in [2.05, 4.69) is 38.9 Å². The molecule has 3 aromatic heterocycles. The van der Waals surface area contributed by atoms with Crippen molar-refractivity contribution < 1.29 is 13.6 Å². The third-order valence-electron chi connectivity index (χ3n) is 6.43.